The van der Waals surface area contributed by atoms with Crippen molar-refractivity contribution in [1.29, 1.82) is 0 Å². The van der Waals surface area contributed by atoms with Crippen molar-refractivity contribution in [2.45, 2.75) is 39.7 Å². The topological polar surface area (TPSA) is 83.0 Å². The first-order valence-electron chi connectivity index (χ1n) is 8.45. The molecule has 0 unspecified atom stereocenters. The zero-order valence-electron chi connectivity index (χ0n) is 15.6. The van der Waals surface area contributed by atoms with E-state index in [4.69, 9.17) is 0 Å². The predicted octanol–water partition coefficient (Wildman–Crippen LogP) is 1.47. The van der Waals surface area contributed by atoms with Crippen LogP contribution in [0.3, 0.4) is 0 Å². The van der Waals surface area contributed by atoms with Crippen molar-refractivity contribution in [3.05, 3.63) is 27.2 Å². The molecule has 1 amide bonds. The van der Waals surface area contributed by atoms with Crippen LogP contribution in [0.25, 0.3) is 11.0 Å². The second kappa shape index (κ2) is 8.88. The summed E-state index contributed by atoms with van der Waals surface area (Å²) < 4.78 is 1.45. The average molecular weight is 404 g/mol. The fourth-order valence-electron chi connectivity index (χ4n) is 3.57. The number of amides is 1. The van der Waals surface area contributed by atoms with E-state index in [1.54, 1.807) is 7.05 Å². The number of piperazine rings is 1. The Morgan fingerprint density at radius 1 is 1.31 bits per heavy atom. The fraction of sp³-hybridized carbons (Fsp3) is 0.588. The third-order valence-electron chi connectivity index (χ3n) is 4.98. The Labute approximate surface area is 165 Å². The van der Waals surface area contributed by atoms with Crippen molar-refractivity contribution in [1.82, 2.24) is 25.0 Å². The lowest BCUT2D eigenvalue weighted by Crippen LogP contribution is -2.52. The zero-order valence-corrected chi connectivity index (χ0v) is 17.2. The SMILES string of the molecule is Cc1nc2[nH]n(C)c(=O)c2c(C)c1CCC(=O)N1CCNC[C@H]1C.Cl.Cl. The standard InChI is InChI=1S/C17H25N5O2.2ClH/c1-10-9-18-7-8-22(10)14(23)6-5-13-11(2)15-16(19-12(13)3)20-21(4)17(15)24;;/h10,18H,5-9H2,1-4H3,(H,19,20);2*1H/t10-;;/m1../s1. The number of pyridine rings is 1. The van der Waals surface area contributed by atoms with Gasteiger partial charge in [0.25, 0.3) is 5.56 Å². The molecule has 0 aromatic carbocycles. The number of carbonyl (C=O) groups is 1. The lowest BCUT2D eigenvalue weighted by Gasteiger charge is -2.34. The normalized spacial score (nSPS) is 16.9. The van der Waals surface area contributed by atoms with E-state index < -0.39 is 0 Å². The molecule has 0 spiro atoms. The molecule has 146 valence electrons. The lowest BCUT2D eigenvalue weighted by atomic mass is 10.00. The number of hydrogen-bond acceptors (Lipinski definition) is 4. The number of aromatic amines is 1. The fourth-order valence-corrected chi connectivity index (χ4v) is 3.57. The first kappa shape index (κ1) is 22.5. The van der Waals surface area contributed by atoms with Crippen LogP contribution >= 0.6 is 24.8 Å². The molecule has 2 aromatic rings. The summed E-state index contributed by atoms with van der Waals surface area (Å²) in [7, 11) is 1.69. The van der Waals surface area contributed by atoms with Gasteiger partial charge in [0, 0.05) is 44.8 Å². The second-order valence-corrected chi connectivity index (χ2v) is 6.64. The number of aromatic nitrogens is 3. The minimum atomic E-state index is -0.0710. The highest BCUT2D eigenvalue weighted by molar-refractivity contribution is 5.85. The van der Waals surface area contributed by atoms with Gasteiger partial charge < -0.3 is 10.2 Å². The Morgan fingerprint density at radius 2 is 2.00 bits per heavy atom. The molecule has 0 radical (unpaired) electrons. The van der Waals surface area contributed by atoms with Gasteiger partial charge in [0.1, 0.15) is 0 Å². The van der Waals surface area contributed by atoms with Crippen LogP contribution in [0.4, 0.5) is 0 Å². The van der Waals surface area contributed by atoms with Crippen molar-refractivity contribution in [2.75, 3.05) is 19.6 Å². The molecule has 2 N–H and O–H groups in total. The summed E-state index contributed by atoms with van der Waals surface area (Å²) in [6, 6.07) is 0.228. The highest BCUT2D eigenvalue weighted by Crippen LogP contribution is 2.21. The number of halogens is 2. The predicted molar refractivity (Wildman–Crippen MR) is 108 cm³/mol. The molecule has 3 heterocycles. The summed E-state index contributed by atoms with van der Waals surface area (Å²) in [4.78, 5) is 31.3. The third kappa shape index (κ3) is 4.05. The summed E-state index contributed by atoms with van der Waals surface area (Å²) in [5, 5.41) is 6.89. The van der Waals surface area contributed by atoms with E-state index in [-0.39, 0.29) is 42.3 Å². The third-order valence-corrected chi connectivity index (χ3v) is 4.98. The first-order valence-corrected chi connectivity index (χ1v) is 8.45. The maximum atomic E-state index is 12.5. The summed E-state index contributed by atoms with van der Waals surface area (Å²) in [6.45, 7) is 8.40. The summed E-state index contributed by atoms with van der Waals surface area (Å²) in [5.74, 6) is 0.171. The van der Waals surface area contributed by atoms with Crippen LogP contribution in [0, 0.1) is 13.8 Å². The van der Waals surface area contributed by atoms with Crippen LogP contribution in [0.1, 0.15) is 30.2 Å². The highest BCUT2D eigenvalue weighted by atomic mass is 35.5. The largest absolute Gasteiger partial charge is 0.337 e. The van der Waals surface area contributed by atoms with Crippen molar-refractivity contribution < 1.29 is 4.79 Å². The number of aryl methyl sites for hydroxylation is 3. The van der Waals surface area contributed by atoms with E-state index in [0.717, 1.165) is 36.5 Å². The van der Waals surface area contributed by atoms with Crippen LogP contribution in [-0.2, 0) is 18.3 Å². The molecule has 1 aliphatic rings. The number of carbonyl (C=O) groups excluding carboxylic acids is 1. The Morgan fingerprint density at radius 3 is 2.65 bits per heavy atom. The van der Waals surface area contributed by atoms with Crippen LogP contribution in [0.5, 0.6) is 0 Å². The number of hydrogen-bond donors (Lipinski definition) is 2. The van der Waals surface area contributed by atoms with Gasteiger partial charge in [-0.3, -0.25) is 19.4 Å². The van der Waals surface area contributed by atoms with Gasteiger partial charge in [-0.05, 0) is 38.3 Å². The first-order chi connectivity index (χ1) is 11.4. The molecule has 0 bridgehead atoms. The minimum absolute atomic E-state index is 0. The molecular weight excluding hydrogens is 377 g/mol. The molecule has 26 heavy (non-hydrogen) atoms. The van der Waals surface area contributed by atoms with Gasteiger partial charge in [-0.15, -0.1) is 24.8 Å². The number of nitrogens with one attached hydrogen (secondary N) is 2. The van der Waals surface area contributed by atoms with E-state index in [0.29, 0.717) is 23.9 Å². The van der Waals surface area contributed by atoms with E-state index in [1.165, 1.54) is 4.68 Å². The monoisotopic (exact) mass is 403 g/mol. The number of rotatable bonds is 3. The van der Waals surface area contributed by atoms with Gasteiger partial charge in [-0.1, -0.05) is 0 Å². The minimum Gasteiger partial charge on any atom is -0.337 e. The van der Waals surface area contributed by atoms with E-state index in [1.807, 2.05) is 18.7 Å². The quantitative estimate of drug-likeness (QED) is 0.812. The molecule has 7 nitrogen and oxygen atoms in total. The van der Waals surface area contributed by atoms with Crippen LogP contribution < -0.4 is 10.9 Å². The Bertz CT molecular complexity index is 846. The van der Waals surface area contributed by atoms with Gasteiger partial charge in [0.05, 0.1) is 5.39 Å². The van der Waals surface area contributed by atoms with Gasteiger partial charge >= 0.3 is 0 Å². The molecule has 2 aromatic heterocycles. The molecule has 1 atom stereocenters. The van der Waals surface area contributed by atoms with Gasteiger partial charge in [0.15, 0.2) is 5.65 Å². The molecule has 3 rings (SSSR count). The Balaban J connectivity index is 0.00000169. The van der Waals surface area contributed by atoms with Crippen LogP contribution in [0.2, 0.25) is 0 Å². The number of H-pyrrole nitrogens is 1. The smallest absolute Gasteiger partial charge is 0.276 e. The second-order valence-electron chi connectivity index (χ2n) is 6.64. The van der Waals surface area contributed by atoms with Crippen LogP contribution in [-0.4, -0.2) is 51.2 Å². The maximum absolute atomic E-state index is 12.5. The Hall–Kier alpha value is -1.57. The summed E-state index contributed by atoms with van der Waals surface area (Å²) in [5.41, 5.74) is 3.36. The van der Waals surface area contributed by atoms with Crippen molar-refractivity contribution in [3.63, 3.8) is 0 Å². The maximum Gasteiger partial charge on any atom is 0.276 e. The molecular formula is C17H27Cl2N5O2. The van der Waals surface area contributed by atoms with Crippen molar-refractivity contribution >= 4 is 41.8 Å². The number of fused-ring (bicyclic) bond motifs is 1. The molecule has 1 aliphatic heterocycles. The number of nitrogens with zero attached hydrogens (tertiary/aromatic N) is 3. The van der Waals surface area contributed by atoms with Crippen molar-refractivity contribution in [3.8, 4) is 0 Å². The summed E-state index contributed by atoms with van der Waals surface area (Å²) in [6.07, 6.45) is 1.06. The highest BCUT2D eigenvalue weighted by Gasteiger charge is 2.23. The van der Waals surface area contributed by atoms with Gasteiger partial charge in [0.2, 0.25) is 5.91 Å². The molecule has 1 fully saturated rings. The van der Waals surface area contributed by atoms with Gasteiger partial charge in [-0.2, -0.15) is 0 Å². The molecule has 9 heteroatoms. The van der Waals surface area contributed by atoms with E-state index in [9.17, 15) is 9.59 Å². The molecule has 1 saturated heterocycles. The summed E-state index contributed by atoms with van der Waals surface area (Å²) >= 11 is 0. The molecule has 0 saturated carbocycles. The van der Waals surface area contributed by atoms with Gasteiger partial charge in [-0.25, -0.2) is 4.98 Å². The molecule has 0 aliphatic carbocycles. The van der Waals surface area contributed by atoms with Crippen LogP contribution in [0.15, 0.2) is 4.79 Å². The van der Waals surface area contributed by atoms with Crippen molar-refractivity contribution in [2.24, 2.45) is 7.05 Å². The average Bonchev–Trinajstić information content (AvgIpc) is 2.81. The lowest BCUT2D eigenvalue weighted by molar-refractivity contribution is -0.133. The Kier molecular flexibility index (Phi) is 7.68. The van der Waals surface area contributed by atoms with E-state index in [2.05, 4.69) is 22.3 Å². The zero-order chi connectivity index (χ0) is 17.4. The van der Waals surface area contributed by atoms with E-state index >= 15 is 0 Å².